The fourth-order valence-electron chi connectivity index (χ4n) is 1.09. The van der Waals surface area contributed by atoms with Crippen LogP contribution in [0.25, 0.3) is 0 Å². The van der Waals surface area contributed by atoms with Crippen LogP contribution in [0.5, 0.6) is 11.5 Å². The molecule has 0 unspecified atom stereocenters. The fraction of sp³-hybridized carbons (Fsp3) is 0.250. The van der Waals surface area contributed by atoms with Gasteiger partial charge in [-0.3, -0.25) is 0 Å². The van der Waals surface area contributed by atoms with Gasteiger partial charge in [0, 0.05) is 5.56 Å². The third-order valence-corrected chi connectivity index (χ3v) is 1.69. The maximum absolute atomic E-state index is 9.43. The summed E-state index contributed by atoms with van der Waals surface area (Å²) in [6.45, 7) is -0.177. The highest BCUT2D eigenvalue weighted by Gasteiger charge is 2.07. The summed E-state index contributed by atoms with van der Waals surface area (Å²) in [7, 11) is 3.36. The molecule has 12 heavy (non-hydrogen) atoms. The van der Waals surface area contributed by atoms with E-state index in [1.54, 1.807) is 12.1 Å². The predicted octanol–water partition coefficient (Wildman–Crippen LogP) is -0.849. The van der Waals surface area contributed by atoms with Crippen LogP contribution in [0.4, 0.5) is 0 Å². The summed E-state index contributed by atoms with van der Waals surface area (Å²) in [5.41, 5.74) is 1.44. The van der Waals surface area contributed by atoms with Crippen LogP contribution in [0.2, 0.25) is 0 Å². The zero-order valence-corrected chi connectivity index (χ0v) is 7.16. The molecule has 3 nitrogen and oxygen atoms in total. The van der Waals surface area contributed by atoms with E-state index >= 15 is 0 Å². The number of aromatic hydroxyl groups is 1. The average Bonchev–Trinajstić information content (AvgIpc) is 2.08. The highest BCUT2D eigenvalue weighted by atomic mass is 16.5. The highest BCUT2D eigenvalue weighted by molar-refractivity contribution is 6.32. The lowest BCUT2D eigenvalue weighted by molar-refractivity contribution is 0.272. The molecule has 0 saturated heterocycles. The van der Waals surface area contributed by atoms with Crippen molar-refractivity contribution >= 4 is 13.3 Å². The second-order valence-electron chi connectivity index (χ2n) is 2.63. The zero-order chi connectivity index (χ0) is 9.14. The minimum atomic E-state index is -0.177. The minimum absolute atomic E-state index is 0.0191. The van der Waals surface area contributed by atoms with Crippen molar-refractivity contribution in [1.82, 2.24) is 0 Å². The third kappa shape index (κ3) is 1.53. The van der Waals surface area contributed by atoms with Gasteiger partial charge in [-0.1, -0.05) is 11.5 Å². The van der Waals surface area contributed by atoms with Crippen LogP contribution in [0.1, 0.15) is 5.56 Å². The number of rotatable bonds is 2. The molecule has 1 aromatic rings. The van der Waals surface area contributed by atoms with E-state index in [1.807, 2.05) is 7.85 Å². The molecule has 0 radical (unpaired) electrons. The SMILES string of the molecule is Bc1cc(CO)c(O)c(OC)c1. The van der Waals surface area contributed by atoms with Gasteiger partial charge in [0.25, 0.3) is 0 Å². The molecule has 1 aromatic carbocycles. The van der Waals surface area contributed by atoms with E-state index in [1.165, 1.54) is 7.11 Å². The predicted molar refractivity (Wildman–Crippen MR) is 48.8 cm³/mol. The summed E-state index contributed by atoms with van der Waals surface area (Å²) >= 11 is 0. The molecule has 0 aliphatic heterocycles. The van der Waals surface area contributed by atoms with Gasteiger partial charge in [0.2, 0.25) is 0 Å². The molecule has 0 heterocycles. The molecule has 0 bridgehead atoms. The van der Waals surface area contributed by atoms with Crippen molar-refractivity contribution in [3.05, 3.63) is 17.7 Å². The monoisotopic (exact) mass is 166 g/mol. The van der Waals surface area contributed by atoms with Crippen molar-refractivity contribution < 1.29 is 14.9 Å². The Labute approximate surface area is 72.0 Å². The molecule has 0 aromatic heterocycles. The topological polar surface area (TPSA) is 49.7 Å². The number of hydrogen-bond donors (Lipinski definition) is 2. The maximum atomic E-state index is 9.43. The Morgan fingerprint density at radius 2 is 2.17 bits per heavy atom. The van der Waals surface area contributed by atoms with E-state index < -0.39 is 0 Å². The smallest absolute Gasteiger partial charge is 0.163 e. The summed E-state index contributed by atoms with van der Waals surface area (Å²) in [4.78, 5) is 0. The number of hydrogen-bond acceptors (Lipinski definition) is 3. The van der Waals surface area contributed by atoms with Crippen LogP contribution >= 0.6 is 0 Å². The van der Waals surface area contributed by atoms with Crippen molar-refractivity contribution in [3.63, 3.8) is 0 Å². The quantitative estimate of drug-likeness (QED) is 0.562. The van der Waals surface area contributed by atoms with Crippen molar-refractivity contribution in [2.24, 2.45) is 0 Å². The Morgan fingerprint density at radius 1 is 1.50 bits per heavy atom. The van der Waals surface area contributed by atoms with Crippen molar-refractivity contribution in [2.75, 3.05) is 7.11 Å². The average molecular weight is 166 g/mol. The third-order valence-electron chi connectivity index (χ3n) is 1.69. The van der Waals surface area contributed by atoms with E-state index in [4.69, 9.17) is 9.84 Å². The zero-order valence-electron chi connectivity index (χ0n) is 7.16. The van der Waals surface area contributed by atoms with Gasteiger partial charge in [-0.15, -0.1) is 0 Å². The van der Waals surface area contributed by atoms with Crippen LogP contribution in [0.15, 0.2) is 12.1 Å². The lowest BCUT2D eigenvalue weighted by Gasteiger charge is -2.08. The molecule has 0 saturated carbocycles. The second kappa shape index (κ2) is 3.49. The van der Waals surface area contributed by atoms with Gasteiger partial charge in [-0.25, -0.2) is 0 Å². The summed E-state index contributed by atoms with van der Waals surface area (Å²) in [6, 6.07) is 3.44. The lowest BCUT2D eigenvalue weighted by atomic mass is 9.93. The van der Waals surface area contributed by atoms with Gasteiger partial charge in [0.15, 0.2) is 11.5 Å². The van der Waals surface area contributed by atoms with E-state index in [0.717, 1.165) is 5.46 Å². The Bertz CT molecular complexity index is 261. The fourth-order valence-corrected chi connectivity index (χ4v) is 1.09. The standard InChI is InChI=1S/C8H11BO3/c1-12-7-3-6(9)2-5(4-10)8(7)11/h2-3,10-11H,4,9H2,1H3. The minimum Gasteiger partial charge on any atom is -0.504 e. The number of aliphatic hydroxyl groups is 1. The lowest BCUT2D eigenvalue weighted by Crippen LogP contribution is -2.05. The first kappa shape index (κ1) is 8.94. The summed E-state index contributed by atoms with van der Waals surface area (Å²) in [6.07, 6.45) is 0. The summed E-state index contributed by atoms with van der Waals surface area (Å²) in [5.74, 6) is 0.421. The van der Waals surface area contributed by atoms with Crippen molar-refractivity contribution in [2.45, 2.75) is 6.61 Å². The molecule has 0 fully saturated rings. The van der Waals surface area contributed by atoms with Crippen LogP contribution in [0.3, 0.4) is 0 Å². The molecule has 0 spiro atoms. The van der Waals surface area contributed by atoms with Crippen LogP contribution < -0.4 is 10.2 Å². The molecule has 0 amide bonds. The van der Waals surface area contributed by atoms with Crippen molar-refractivity contribution in [1.29, 1.82) is 0 Å². The number of benzene rings is 1. The van der Waals surface area contributed by atoms with Gasteiger partial charge < -0.3 is 14.9 Å². The first-order valence-corrected chi connectivity index (χ1v) is 3.66. The first-order valence-electron chi connectivity index (χ1n) is 3.66. The van der Waals surface area contributed by atoms with Gasteiger partial charge >= 0.3 is 0 Å². The Balaban J connectivity index is 3.22. The Kier molecular flexibility index (Phi) is 2.60. The highest BCUT2D eigenvalue weighted by Crippen LogP contribution is 2.27. The normalized spacial score (nSPS) is 9.83. The van der Waals surface area contributed by atoms with Crippen LogP contribution in [-0.2, 0) is 6.61 Å². The van der Waals surface area contributed by atoms with Gasteiger partial charge in [0.1, 0.15) is 7.85 Å². The molecule has 2 N–H and O–H groups in total. The van der Waals surface area contributed by atoms with E-state index in [9.17, 15) is 5.11 Å². The Hall–Kier alpha value is -1.16. The second-order valence-corrected chi connectivity index (χ2v) is 2.63. The molecule has 0 atom stereocenters. The number of methoxy groups -OCH3 is 1. The molecule has 4 heteroatoms. The van der Waals surface area contributed by atoms with E-state index in [2.05, 4.69) is 0 Å². The van der Waals surface area contributed by atoms with E-state index in [0.29, 0.717) is 11.3 Å². The molecule has 64 valence electrons. The van der Waals surface area contributed by atoms with Crippen LogP contribution in [0, 0.1) is 0 Å². The van der Waals surface area contributed by atoms with Crippen molar-refractivity contribution in [3.8, 4) is 11.5 Å². The van der Waals surface area contributed by atoms with Gasteiger partial charge in [0.05, 0.1) is 13.7 Å². The number of phenols is 1. The van der Waals surface area contributed by atoms with E-state index in [-0.39, 0.29) is 12.4 Å². The van der Waals surface area contributed by atoms with Gasteiger partial charge in [-0.05, 0) is 6.07 Å². The largest absolute Gasteiger partial charge is 0.504 e. The molecule has 0 aliphatic carbocycles. The number of ether oxygens (including phenoxy) is 1. The molecular weight excluding hydrogens is 155 g/mol. The van der Waals surface area contributed by atoms with Gasteiger partial charge in [-0.2, -0.15) is 0 Å². The van der Waals surface area contributed by atoms with Crippen LogP contribution in [-0.4, -0.2) is 25.2 Å². The summed E-state index contributed by atoms with van der Waals surface area (Å²) in [5, 5.41) is 18.3. The maximum Gasteiger partial charge on any atom is 0.163 e. The molecule has 1 rings (SSSR count). The first-order chi connectivity index (χ1) is 5.69. The Morgan fingerprint density at radius 3 is 2.67 bits per heavy atom. The molecule has 0 aliphatic rings. The number of aliphatic hydroxyl groups excluding tert-OH is 1. The molecular formula is C8H11BO3. The summed E-state index contributed by atoms with van der Waals surface area (Å²) < 4.78 is 4.91.